The molecule has 21 heavy (non-hydrogen) atoms. The minimum absolute atomic E-state index is 0.164. The molecule has 1 amide bonds. The molecular weight excluding hydrogens is 292 g/mol. The van der Waals surface area contributed by atoms with Crippen LogP contribution in [0.2, 0.25) is 0 Å². The smallest absolute Gasteiger partial charge is 0.261 e. The molecule has 1 aliphatic carbocycles. The highest BCUT2D eigenvalue weighted by Gasteiger charge is 2.33. The summed E-state index contributed by atoms with van der Waals surface area (Å²) in [6, 6.07) is 7.16. The van der Waals surface area contributed by atoms with Gasteiger partial charge in [0.25, 0.3) is 5.91 Å². The summed E-state index contributed by atoms with van der Waals surface area (Å²) in [5.41, 5.74) is 0.488. The summed E-state index contributed by atoms with van der Waals surface area (Å²) in [6.07, 6.45) is 2.85. The summed E-state index contributed by atoms with van der Waals surface area (Å²) in [5, 5.41) is 2.90. The van der Waals surface area contributed by atoms with Gasteiger partial charge in [0, 0.05) is 19.0 Å². The summed E-state index contributed by atoms with van der Waals surface area (Å²) in [4.78, 5) is 12.2. The number of benzene rings is 1. The second-order valence-electron chi connectivity index (χ2n) is 5.48. The highest BCUT2D eigenvalue weighted by atomic mass is 32.2. The Hall–Kier alpha value is -1.76. The number of fused-ring (bicyclic) bond motifs is 1. The van der Waals surface area contributed by atoms with Crippen molar-refractivity contribution in [2.75, 3.05) is 17.1 Å². The van der Waals surface area contributed by atoms with Crippen LogP contribution in [0, 0.1) is 0 Å². The van der Waals surface area contributed by atoms with Gasteiger partial charge in [0.15, 0.2) is 6.10 Å². The van der Waals surface area contributed by atoms with Crippen LogP contribution < -0.4 is 14.4 Å². The summed E-state index contributed by atoms with van der Waals surface area (Å²) in [5.74, 6) is 0.263. The molecule has 0 saturated heterocycles. The minimum atomic E-state index is -3.40. The summed E-state index contributed by atoms with van der Waals surface area (Å²) < 4.78 is 30.9. The first kappa shape index (κ1) is 14.2. The number of amides is 1. The topological polar surface area (TPSA) is 75.7 Å². The number of rotatable bonds is 3. The average Bonchev–Trinajstić information content (AvgIpc) is 3.22. The van der Waals surface area contributed by atoms with Crippen LogP contribution in [-0.4, -0.2) is 39.3 Å². The fourth-order valence-electron chi connectivity index (χ4n) is 2.38. The third kappa shape index (κ3) is 3.12. The zero-order valence-corrected chi connectivity index (χ0v) is 12.6. The third-order valence-corrected chi connectivity index (χ3v) is 4.79. The lowest BCUT2D eigenvalue weighted by molar-refractivity contribution is -0.128. The molecule has 1 heterocycles. The standard InChI is InChI=1S/C14H18N2O4S/c1-21(18,19)16-9-8-13(14(17)15-10-6-7-10)20-12-5-3-2-4-11(12)16/h2-5,10,13H,6-9H2,1H3,(H,15,17). The summed E-state index contributed by atoms with van der Waals surface area (Å²) in [7, 11) is -3.40. The molecule has 7 heteroatoms. The molecule has 0 radical (unpaired) electrons. The average molecular weight is 310 g/mol. The Labute approximate surface area is 124 Å². The number of sulfonamides is 1. The molecule has 0 spiro atoms. The Morgan fingerprint density at radius 2 is 2.00 bits per heavy atom. The van der Waals surface area contributed by atoms with Crippen molar-refractivity contribution in [2.24, 2.45) is 0 Å². The first-order chi connectivity index (χ1) is 9.95. The Bertz CT molecular complexity index is 655. The van der Waals surface area contributed by atoms with E-state index in [0.29, 0.717) is 17.9 Å². The van der Waals surface area contributed by atoms with E-state index in [9.17, 15) is 13.2 Å². The van der Waals surface area contributed by atoms with Crippen molar-refractivity contribution in [1.82, 2.24) is 5.32 Å². The van der Waals surface area contributed by atoms with Crippen LogP contribution in [0.4, 0.5) is 5.69 Å². The van der Waals surface area contributed by atoms with Crippen LogP contribution in [0.25, 0.3) is 0 Å². The molecule has 114 valence electrons. The van der Waals surface area contributed by atoms with E-state index in [1.165, 1.54) is 4.31 Å². The quantitative estimate of drug-likeness (QED) is 0.899. The van der Waals surface area contributed by atoms with Crippen molar-refractivity contribution in [3.63, 3.8) is 0 Å². The predicted molar refractivity (Wildman–Crippen MR) is 78.8 cm³/mol. The van der Waals surface area contributed by atoms with E-state index >= 15 is 0 Å². The molecule has 1 aliphatic heterocycles. The molecule has 1 N–H and O–H groups in total. The largest absolute Gasteiger partial charge is 0.478 e. The number of para-hydroxylation sites is 2. The van der Waals surface area contributed by atoms with Crippen molar-refractivity contribution >= 4 is 21.6 Å². The van der Waals surface area contributed by atoms with E-state index in [1.54, 1.807) is 24.3 Å². The molecular formula is C14H18N2O4S. The number of hydrogen-bond acceptors (Lipinski definition) is 4. The maximum absolute atomic E-state index is 12.2. The van der Waals surface area contributed by atoms with Crippen LogP contribution in [0.3, 0.4) is 0 Å². The first-order valence-corrected chi connectivity index (χ1v) is 8.84. The maximum Gasteiger partial charge on any atom is 0.261 e. The predicted octanol–water partition coefficient (Wildman–Crippen LogP) is 0.882. The summed E-state index contributed by atoms with van der Waals surface area (Å²) >= 11 is 0. The van der Waals surface area contributed by atoms with Gasteiger partial charge < -0.3 is 10.1 Å². The fraction of sp³-hybridized carbons (Fsp3) is 0.500. The SMILES string of the molecule is CS(=O)(=O)N1CCC(C(=O)NC2CC2)Oc2ccccc21. The highest BCUT2D eigenvalue weighted by Crippen LogP contribution is 2.34. The highest BCUT2D eigenvalue weighted by molar-refractivity contribution is 7.92. The Morgan fingerprint density at radius 3 is 2.67 bits per heavy atom. The van der Waals surface area contributed by atoms with E-state index in [2.05, 4.69) is 5.32 Å². The van der Waals surface area contributed by atoms with Gasteiger partial charge in [-0.2, -0.15) is 0 Å². The van der Waals surface area contributed by atoms with Crippen molar-refractivity contribution in [3.05, 3.63) is 24.3 Å². The number of carbonyl (C=O) groups is 1. The van der Waals surface area contributed by atoms with Crippen LogP contribution in [-0.2, 0) is 14.8 Å². The Morgan fingerprint density at radius 1 is 1.29 bits per heavy atom. The van der Waals surface area contributed by atoms with E-state index in [-0.39, 0.29) is 18.5 Å². The van der Waals surface area contributed by atoms with Gasteiger partial charge >= 0.3 is 0 Å². The molecule has 1 aromatic carbocycles. The number of carbonyl (C=O) groups excluding carboxylic acids is 1. The van der Waals surface area contributed by atoms with Crippen LogP contribution >= 0.6 is 0 Å². The van der Waals surface area contributed by atoms with Gasteiger partial charge in [-0.1, -0.05) is 12.1 Å². The van der Waals surface area contributed by atoms with Gasteiger partial charge in [-0.15, -0.1) is 0 Å². The van der Waals surface area contributed by atoms with Gasteiger partial charge in [0.05, 0.1) is 11.9 Å². The van der Waals surface area contributed by atoms with Gasteiger partial charge in [-0.25, -0.2) is 8.42 Å². The lowest BCUT2D eigenvalue weighted by Crippen LogP contribution is -2.40. The molecule has 2 aliphatic rings. The lowest BCUT2D eigenvalue weighted by Gasteiger charge is -2.20. The molecule has 1 fully saturated rings. The number of nitrogens with one attached hydrogen (secondary N) is 1. The van der Waals surface area contributed by atoms with Gasteiger partial charge in [-0.05, 0) is 25.0 Å². The number of ether oxygens (including phenoxy) is 1. The van der Waals surface area contributed by atoms with E-state index in [4.69, 9.17) is 4.74 Å². The van der Waals surface area contributed by atoms with Crippen LogP contribution in [0.1, 0.15) is 19.3 Å². The molecule has 1 saturated carbocycles. The van der Waals surface area contributed by atoms with Crippen LogP contribution in [0.15, 0.2) is 24.3 Å². The second-order valence-corrected chi connectivity index (χ2v) is 7.39. The normalized spacial score (nSPS) is 22.0. The van der Waals surface area contributed by atoms with Crippen molar-refractivity contribution in [1.29, 1.82) is 0 Å². The molecule has 0 aromatic heterocycles. The van der Waals surface area contributed by atoms with Crippen molar-refractivity contribution in [2.45, 2.75) is 31.4 Å². The molecule has 6 nitrogen and oxygen atoms in total. The molecule has 0 bridgehead atoms. The zero-order valence-electron chi connectivity index (χ0n) is 11.8. The molecule has 1 unspecified atom stereocenters. The Kier molecular flexibility index (Phi) is 3.52. The van der Waals surface area contributed by atoms with Crippen LogP contribution in [0.5, 0.6) is 5.75 Å². The number of hydrogen-bond donors (Lipinski definition) is 1. The zero-order chi connectivity index (χ0) is 15.0. The van der Waals surface area contributed by atoms with Gasteiger partial charge in [0.1, 0.15) is 5.75 Å². The van der Waals surface area contributed by atoms with Crippen molar-refractivity contribution in [3.8, 4) is 5.75 Å². The molecule has 3 rings (SSSR count). The van der Waals surface area contributed by atoms with Gasteiger partial charge in [-0.3, -0.25) is 9.10 Å². The first-order valence-electron chi connectivity index (χ1n) is 6.99. The van der Waals surface area contributed by atoms with E-state index in [1.807, 2.05) is 0 Å². The minimum Gasteiger partial charge on any atom is -0.478 e. The molecule has 1 aromatic rings. The lowest BCUT2D eigenvalue weighted by atomic mass is 10.2. The van der Waals surface area contributed by atoms with Gasteiger partial charge in [0.2, 0.25) is 10.0 Å². The number of anilines is 1. The fourth-order valence-corrected chi connectivity index (χ4v) is 3.33. The Balaban J connectivity index is 1.88. The van der Waals surface area contributed by atoms with E-state index < -0.39 is 16.1 Å². The van der Waals surface area contributed by atoms with Crippen molar-refractivity contribution < 1.29 is 17.9 Å². The molecule has 1 atom stereocenters. The second kappa shape index (κ2) is 5.22. The number of nitrogens with zero attached hydrogens (tertiary/aromatic N) is 1. The van der Waals surface area contributed by atoms with E-state index in [0.717, 1.165) is 19.1 Å². The maximum atomic E-state index is 12.2. The monoisotopic (exact) mass is 310 g/mol. The third-order valence-electron chi connectivity index (χ3n) is 3.61. The summed E-state index contributed by atoms with van der Waals surface area (Å²) in [6.45, 7) is 0.235.